The quantitative estimate of drug-likeness (QED) is 0.542. The summed E-state index contributed by atoms with van der Waals surface area (Å²) in [6.07, 6.45) is 0. The summed E-state index contributed by atoms with van der Waals surface area (Å²) in [4.78, 5) is 21.1. The van der Waals surface area contributed by atoms with Crippen molar-refractivity contribution >= 4 is 23.5 Å². The minimum Gasteiger partial charge on any atom is -0.454 e. The molecule has 1 fully saturated rings. The third-order valence-electron chi connectivity index (χ3n) is 6.19. The molecule has 1 saturated heterocycles. The van der Waals surface area contributed by atoms with Gasteiger partial charge in [0.15, 0.2) is 11.5 Å². The number of nitrogens with one attached hydrogen (secondary N) is 1. The fourth-order valence-electron chi connectivity index (χ4n) is 4.25. The molecular weight excluding hydrogens is 430 g/mol. The van der Waals surface area contributed by atoms with Crippen LogP contribution >= 0.6 is 0 Å². The maximum Gasteiger partial charge on any atom is 0.233 e. The number of para-hydroxylation sites is 1. The summed E-state index contributed by atoms with van der Waals surface area (Å²) in [6.45, 7) is 10.7. The summed E-state index contributed by atoms with van der Waals surface area (Å²) in [6, 6.07) is 16.2. The van der Waals surface area contributed by atoms with Gasteiger partial charge in [0.05, 0.1) is 0 Å². The second-order valence-corrected chi connectivity index (χ2v) is 8.37. The van der Waals surface area contributed by atoms with Crippen molar-refractivity contribution in [2.75, 3.05) is 61.2 Å². The molecule has 1 N–H and O–H groups in total. The zero-order valence-electron chi connectivity index (χ0n) is 19.8. The highest BCUT2D eigenvalue weighted by molar-refractivity contribution is 5.56. The number of ether oxygens (including phenoxy) is 2. The predicted molar refractivity (Wildman–Crippen MR) is 133 cm³/mol. The first-order chi connectivity index (χ1) is 16.7. The normalized spacial score (nSPS) is 15.4. The number of anilines is 4. The average Bonchev–Trinajstić information content (AvgIpc) is 3.34. The van der Waals surface area contributed by atoms with Crippen LogP contribution in [0.2, 0.25) is 0 Å². The van der Waals surface area contributed by atoms with Crippen LogP contribution in [0.5, 0.6) is 11.5 Å². The lowest BCUT2D eigenvalue weighted by molar-refractivity contribution is 0.174. The van der Waals surface area contributed by atoms with Crippen LogP contribution in [0.4, 0.5) is 23.5 Å². The number of rotatable bonds is 8. The third kappa shape index (κ3) is 4.99. The highest BCUT2D eigenvalue weighted by Gasteiger charge is 2.22. The number of nitrogens with zero attached hydrogens (tertiary/aromatic N) is 6. The Morgan fingerprint density at radius 1 is 0.882 bits per heavy atom. The Kier molecular flexibility index (Phi) is 6.62. The fraction of sp³-hybridized carbons (Fsp3) is 0.400. The maximum absolute atomic E-state index is 5.52. The zero-order valence-corrected chi connectivity index (χ0v) is 19.8. The lowest BCUT2D eigenvalue weighted by Gasteiger charge is -2.35. The van der Waals surface area contributed by atoms with Gasteiger partial charge in [-0.2, -0.15) is 15.0 Å². The van der Waals surface area contributed by atoms with E-state index in [0.29, 0.717) is 18.7 Å². The Balaban J connectivity index is 1.29. The first-order valence-corrected chi connectivity index (χ1v) is 11.9. The minimum atomic E-state index is 0.306. The molecule has 178 valence electrons. The van der Waals surface area contributed by atoms with E-state index < -0.39 is 0 Å². The Morgan fingerprint density at radius 2 is 1.65 bits per heavy atom. The molecule has 0 amide bonds. The largest absolute Gasteiger partial charge is 0.454 e. The molecule has 9 heteroatoms. The maximum atomic E-state index is 5.52. The number of benzene rings is 2. The zero-order chi connectivity index (χ0) is 23.3. The topological polar surface area (TPSA) is 78.9 Å². The van der Waals surface area contributed by atoms with Crippen molar-refractivity contribution in [3.63, 3.8) is 0 Å². The van der Waals surface area contributed by atoms with Gasteiger partial charge in [-0.15, -0.1) is 0 Å². The van der Waals surface area contributed by atoms with Gasteiger partial charge in [-0.05, 0) is 43.7 Å². The summed E-state index contributed by atoms with van der Waals surface area (Å²) < 4.78 is 11.0. The van der Waals surface area contributed by atoms with Gasteiger partial charge >= 0.3 is 0 Å². The number of fused-ring (bicyclic) bond motifs is 1. The van der Waals surface area contributed by atoms with Crippen LogP contribution in [-0.2, 0) is 6.54 Å². The average molecular weight is 462 g/mol. The van der Waals surface area contributed by atoms with E-state index in [9.17, 15) is 0 Å². The highest BCUT2D eigenvalue weighted by Crippen LogP contribution is 2.33. The number of aromatic nitrogens is 3. The number of hydrogen-bond acceptors (Lipinski definition) is 9. The smallest absolute Gasteiger partial charge is 0.233 e. The van der Waals surface area contributed by atoms with Gasteiger partial charge in [0.1, 0.15) is 0 Å². The van der Waals surface area contributed by atoms with Gasteiger partial charge in [-0.3, -0.25) is 4.90 Å². The van der Waals surface area contributed by atoms with Crippen LogP contribution in [-0.4, -0.2) is 65.9 Å². The standard InChI is InChI=1S/C25H31N7O2/c1-3-31(4-2)24-27-23(26-20-8-6-5-7-9-20)28-25(29-24)32-14-12-30(13-15-32)17-19-10-11-21-22(16-19)34-18-33-21/h5-11,16H,3-4,12-15,17-18H2,1-2H3,(H,26,27,28,29). The molecule has 5 rings (SSSR count). The monoisotopic (exact) mass is 461 g/mol. The van der Waals surface area contributed by atoms with Crippen LogP contribution in [0, 0.1) is 0 Å². The molecule has 1 aromatic heterocycles. The molecule has 3 heterocycles. The molecule has 0 radical (unpaired) electrons. The molecule has 2 aliphatic rings. The van der Waals surface area contributed by atoms with E-state index in [1.54, 1.807) is 0 Å². The third-order valence-corrected chi connectivity index (χ3v) is 6.19. The Bertz CT molecular complexity index is 1100. The van der Waals surface area contributed by atoms with Crippen molar-refractivity contribution < 1.29 is 9.47 Å². The Morgan fingerprint density at radius 3 is 2.41 bits per heavy atom. The summed E-state index contributed by atoms with van der Waals surface area (Å²) in [5.74, 6) is 3.66. The number of piperazine rings is 1. The molecule has 2 aliphatic heterocycles. The molecule has 0 spiro atoms. The molecular formula is C25H31N7O2. The van der Waals surface area contributed by atoms with Gasteiger partial charge in [0.25, 0.3) is 0 Å². The Labute approximate surface area is 200 Å². The first-order valence-electron chi connectivity index (χ1n) is 11.9. The van der Waals surface area contributed by atoms with E-state index in [0.717, 1.165) is 68.9 Å². The SMILES string of the molecule is CCN(CC)c1nc(Nc2ccccc2)nc(N2CCN(Cc3ccc4c(c3)OCO4)CC2)n1. The first kappa shape index (κ1) is 22.2. The van der Waals surface area contributed by atoms with Gasteiger partial charge < -0.3 is 24.6 Å². The van der Waals surface area contributed by atoms with Crippen molar-refractivity contribution in [1.29, 1.82) is 0 Å². The van der Waals surface area contributed by atoms with E-state index in [4.69, 9.17) is 24.4 Å². The molecule has 0 atom stereocenters. The molecule has 0 saturated carbocycles. The van der Waals surface area contributed by atoms with Gasteiger partial charge in [-0.25, -0.2) is 0 Å². The van der Waals surface area contributed by atoms with Gasteiger partial charge in [0, 0.05) is 51.5 Å². The van der Waals surface area contributed by atoms with Crippen molar-refractivity contribution in [2.45, 2.75) is 20.4 Å². The summed E-state index contributed by atoms with van der Waals surface area (Å²) in [5, 5.41) is 3.34. The Hall–Kier alpha value is -3.59. The van der Waals surface area contributed by atoms with Crippen molar-refractivity contribution in [2.24, 2.45) is 0 Å². The fourth-order valence-corrected chi connectivity index (χ4v) is 4.25. The summed E-state index contributed by atoms with van der Waals surface area (Å²) in [7, 11) is 0. The molecule has 0 unspecified atom stereocenters. The molecule has 0 bridgehead atoms. The van der Waals surface area contributed by atoms with Gasteiger partial charge in [0.2, 0.25) is 24.6 Å². The summed E-state index contributed by atoms with van der Waals surface area (Å²) in [5.41, 5.74) is 2.19. The van der Waals surface area contributed by atoms with E-state index >= 15 is 0 Å². The summed E-state index contributed by atoms with van der Waals surface area (Å²) >= 11 is 0. The number of hydrogen-bond donors (Lipinski definition) is 1. The second-order valence-electron chi connectivity index (χ2n) is 8.37. The molecule has 2 aromatic carbocycles. The van der Waals surface area contributed by atoms with E-state index in [-0.39, 0.29) is 0 Å². The molecule has 34 heavy (non-hydrogen) atoms. The van der Waals surface area contributed by atoms with Crippen LogP contribution in [0.15, 0.2) is 48.5 Å². The van der Waals surface area contributed by atoms with Crippen LogP contribution in [0.3, 0.4) is 0 Å². The van der Waals surface area contributed by atoms with Crippen LogP contribution in [0.25, 0.3) is 0 Å². The predicted octanol–water partition coefficient (Wildman–Crippen LogP) is 3.51. The molecule has 9 nitrogen and oxygen atoms in total. The molecule has 0 aliphatic carbocycles. The highest BCUT2D eigenvalue weighted by atomic mass is 16.7. The van der Waals surface area contributed by atoms with E-state index in [2.05, 4.69) is 46.0 Å². The second kappa shape index (κ2) is 10.1. The van der Waals surface area contributed by atoms with E-state index in [1.165, 1.54) is 5.56 Å². The van der Waals surface area contributed by atoms with Crippen molar-refractivity contribution in [3.8, 4) is 11.5 Å². The van der Waals surface area contributed by atoms with Crippen molar-refractivity contribution in [1.82, 2.24) is 19.9 Å². The van der Waals surface area contributed by atoms with Gasteiger partial charge in [-0.1, -0.05) is 24.3 Å². The van der Waals surface area contributed by atoms with Crippen LogP contribution in [0.1, 0.15) is 19.4 Å². The molecule has 3 aromatic rings. The van der Waals surface area contributed by atoms with E-state index in [1.807, 2.05) is 36.4 Å². The van der Waals surface area contributed by atoms with Crippen LogP contribution < -0.4 is 24.6 Å². The lowest BCUT2D eigenvalue weighted by Crippen LogP contribution is -2.46. The lowest BCUT2D eigenvalue weighted by atomic mass is 10.1. The minimum absolute atomic E-state index is 0.306. The van der Waals surface area contributed by atoms with Crippen molar-refractivity contribution in [3.05, 3.63) is 54.1 Å².